The number of hydrogen-bond donors (Lipinski definition) is 7. The predicted octanol–water partition coefficient (Wildman–Crippen LogP) is -2.83. The molecule has 1 fully saturated rings. The lowest BCUT2D eigenvalue weighted by molar-refractivity contribution is -0.142. The second kappa shape index (κ2) is 14.3. The minimum Gasteiger partial charge on any atom is -0.480 e. The highest BCUT2D eigenvalue weighted by atomic mass is 32.2. The molecule has 0 radical (unpaired) electrons. The smallest absolute Gasteiger partial charge is 0.326 e. The largest absolute Gasteiger partial charge is 0.480 e. The van der Waals surface area contributed by atoms with Crippen LogP contribution in [-0.2, 0) is 28.8 Å². The molecule has 14 heteroatoms. The van der Waals surface area contributed by atoms with Gasteiger partial charge in [0.05, 0.1) is 12.5 Å². The number of rotatable bonds is 15. The average Bonchev–Trinajstić information content (AvgIpc) is 3.27. The molecule has 4 atom stereocenters. The van der Waals surface area contributed by atoms with Gasteiger partial charge in [0, 0.05) is 6.42 Å². The van der Waals surface area contributed by atoms with Crippen molar-refractivity contribution in [3.05, 3.63) is 0 Å². The lowest BCUT2D eigenvalue weighted by Gasteiger charge is -2.24. The molecule has 9 N–H and O–H groups in total. The summed E-state index contributed by atoms with van der Waals surface area (Å²) in [6.45, 7) is 0.655. The molecule has 5 amide bonds. The van der Waals surface area contributed by atoms with Crippen molar-refractivity contribution in [2.75, 3.05) is 18.6 Å². The van der Waals surface area contributed by atoms with E-state index in [-0.39, 0.29) is 19.3 Å². The van der Waals surface area contributed by atoms with Gasteiger partial charge in [-0.1, -0.05) is 0 Å². The van der Waals surface area contributed by atoms with Gasteiger partial charge in [-0.15, -0.1) is 0 Å². The molecule has 1 aliphatic rings. The summed E-state index contributed by atoms with van der Waals surface area (Å²) >= 11 is 1.40. The van der Waals surface area contributed by atoms with Crippen molar-refractivity contribution in [2.45, 2.75) is 62.7 Å². The molecule has 0 aliphatic carbocycles. The first-order valence-electron chi connectivity index (χ1n) is 10.5. The standard InChI is InChI=1S/C19H32N6O7S/c1-33-8-6-11(17(29)24-12(19(31)32)4-5-14(20)26)23-18(30)13(9-15(21)27)25-16(28)10-3-2-7-22-10/h10-13,22H,2-9H2,1H3,(H2,20,26)(H2,21,27)(H,23,30)(H,24,29)(H,25,28)(H,31,32). The summed E-state index contributed by atoms with van der Waals surface area (Å²) in [4.78, 5) is 71.8. The Bertz CT molecular complexity index is 744. The van der Waals surface area contributed by atoms with Crippen LogP contribution in [-0.4, -0.2) is 83.3 Å². The molecule has 0 bridgehead atoms. The van der Waals surface area contributed by atoms with E-state index < -0.39 is 66.1 Å². The van der Waals surface area contributed by atoms with E-state index in [0.717, 1.165) is 6.42 Å². The third-order valence-corrected chi connectivity index (χ3v) is 5.60. The molecule has 186 valence electrons. The fraction of sp³-hybridized carbons (Fsp3) is 0.684. The Morgan fingerprint density at radius 1 is 0.970 bits per heavy atom. The van der Waals surface area contributed by atoms with Crippen LogP contribution in [0.3, 0.4) is 0 Å². The van der Waals surface area contributed by atoms with E-state index in [4.69, 9.17) is 11.5 Å². The van der Waals surface area contributed by atoms with Crippen LogP contribution < -0.4 is 32.7 Å². The van der Waals surface area contributed by atoms with Gasteiger partial charge >= 0.3 is 5.97 Å². The lowest BCUT2D eigenvalue weighted by Crippen LogP contribution is -2.57. The number of carboxylic acids is 1. The van der Waals surface area contributed by atoms with Crippen LogP contribution in [0.25, 0.3) is 0 Å². The van der Waals surface area contributed by atoms with Crippen LogP contribution >= 0.6 is 11.8 Å². The van der Waals surface area contributed by atoms with Crippen molar-refractivity contribution in [2.24, 2.45) is 11.5 Å². The summed E-state index contributed by atoms with van der Waals surface area (Å²) in [7, 11) is 0. The molecule has 0 aromatic carbocycles. The topological polar surface area (TPSA) is 223 Å². The van der Waals surface area contributed by atoms with Crippen molar-refractivity contribution in [1.29, 1.82) is 0 Å². The Kier molecular flexibility index (Phi) is 12.2. The molecule has 0 spiro atoms. The van der Waals surface area contributed by atoms with E-state index in [1.165, 1.54) is 11.8 Å². The Morgan fingerprint density at radius 2 is 1.61 bits per heavy atom. The predicted molar refractivity (Wildman–Crippen MR) is 120 cm³/mol. The number of nitrogens with two attached hydrogens (primary N) is 2. The third kappa shape index (κ3) is 10.5. The second-order valence-electron chi connectivity index (χ2n) is 7.63. The first-order chi connectivity index (χ1) is 15.5. The molecule has 1 rings (SSSR count). The van der Waals surface area contributed by atoms with Crippen molar-refractivity contribution in [1.82, 2.24) is 21.3 Å². The van der Waals surface area contributed by atoms with Crippen LogP contribution in [0.5, 0.6) is 0 Å². The van der Waals surface area contributed by atoms with Crippen molar-refractivity contribution >= 4 is 47.3 Å². The Balaban J connectivity index is 2.89. The van der Waals surface area contributed by atoms with Crippen LogP contribution in [0.1, 0.15) is 38.5 Å². The van der Waals surface area contributed by atoms with Crippen LogP contribution in [0.2, 0.25) is 0 Å². The minimum atomic E-state index is -1.38. The molecule has 13 nitrogen and oxygen atoms in total. The summed E-state index contributed by atoms with van der Waals surface area (Å²) in [5, 5.41) is 19.5. The Morgan fingerprint density at radius 3 is 2.12 bits per heavy atom. The average molecular weight is 489 g/mol. The SMILES string of the molecule is CSCCC(NC(=O)C(CC(N)=O)NC(=O)C1CCCN1)C(=O)NC(CCC(N)=O)C(=O)O. The maximum atomic E-state index is 12.8. The highest BCUT2D eigenvalue weighted by Gasteiger charge is 2.32. The first kappa shape index (κ1) is 28.2. The van der Waals surface area contributed by atoms with Gasteiger partial charge in [0.2, 0.25) is 29.5 Å². The molecular formula is C19H32N6O7S. The van der Waals surface area contributed by atoms with Gasteiger partial charge < -0.3 is 37.8 Å². The van der Waals surface area contributed by atoms with Gasteiger partial charge in [0.15, 0.2) is 0 Å². The van der Waals surface area contributed by atoms with E-state index in [1.54, 1.807) is 6.26 Å². The molecule has 1 aliphatic heterocycles. The summed E-state index contributed by atoms with van der Waals surface area (Å²) in [6, 6.07) is -4.32. The number of thioether (sulfide) groups is 1. The van der Waals surface area contributed by atoms with Gasteiger partial charge in [-0.05, 0) is 44.2 Å². The molecule has 0 aromatic rings. The Labute approximate surface area is 195 Å². The summed E-state index contributed by atoms with van der Waals surface area (Å²) in [5.74, 6) is -4.49. The molecular weight excluding hydrogens is 456 g/mol. The number of primary amides is 2. The summed E-state index contributed by atoms with van der Waals surface area (Å²) in [5.41, 5.74) is 10.3. The van der Waals surface area contributed by atoms with Gasteiger partial charge in [0.1, 0.15) is 18.1 Å². The van der Waals surface area contributed by atoms with Gasteiger partial charge in [-0.3, -0.25) is 24.0 Å². The maximum Gasteiger partial charge on any atom is 0.326 e. The molecule has 33 heavy (non-hydrogen) atoms. The molecule has 1 saturated heterocycles. The van der Waals surface area contributed by atoms with E-state index in [9.17, 15) is 33.9 Å². The van der Waals surface area contributed by atoms with Gasteiger partial charge in [-0.25, -0.2) is 4.79 Å². The van der Waals surface area contributed by atoms with E-state index in [2.05, 4.69) is 21.3 Å². The van der Waals surface area contributed by atoms with Crippen LogP contribution in [0.4, 0.5) is 0 Å². The fourth-order valence-corrected chi connectivity index (χ4v) is 3.66. The number of carboxylic acid groups (broad SMARTS) is 1. The zero-order valence-corrected chi connectivity index (χ0v) is 19.2. The number of carbonyl (C=O) groups excluding carboxylic acids is 5. The fourth-order valence-electron chi connectivity index (χ4n) is 3.18. The number of hydrogen-bond acceptors (Lipinski definition) is 8. The quantitative estimate of drug-likeness (QED) is 0.126. The zero-order chi connectivity index (χ0) is 25.0. The summed E-state index contributed by atoms with van der Waals surface area (Å²) in [6.07, 6.45) is 2.38. The van der Waals surface area contributed by atoms with E-state index >= 15 is 0 Å². The molecule has 0 aromatic heterocycles. The molecule has 4 unspecified atom stereocenters. The number of aliphatic carboxylic acids is 1. The van der Waals surface area contributed by atoms with Crippen LogP contribution in [0, 0.1) is 0 Å². The Hall–Kier alpha value is -2.87. The number of carbonyl (C=O) groups is 6. The van der Waals surface area contributed by atoms with Crippen LogP contribution in [0.15, 0.2) is 0 Å². The van der Waals surface area contributed by atoms with Crippen molar-refractivity contribution in [3.63, 3.8) is 0 Å². The lowest BCUT2D eigenvalue weighted by atomic mass is 10.1. The van der Waals surface area contributed by atoms with Crippen molar-refractivity contribution in [3.8, 4) is 0 Å². The third-order valence-electron chi connectivity index (χ3n) is 4.95. The molecule has 1 heterocycles. The first-order valence-corrected chi connectivity index (χ1v) is 11.9. The monoisotopic (exact) mass is 488 g/mol. The number of nitrogens with one attached hydrogen (secondary N) is 4. The van der Waals surface area contributed by atoms with Gasteiger partial charge in [0.25, 0.3) is 0 Å². The van der Waals surface area contributed by atoms with Gasteiger partial charge in [-0.2, -0.15) is 11.8 Å². The zero-order valence-electron chi connectivity index (χ0n) is 18.4. The van der Waals surface area contributed by atoms with Crippen molar-refractivity contribution < 1.29 is 33.9 Å². The normalized spacial score (nSPS) is 17.9. The highest BCUT2D eigenvalue weighted by molar-refractivity contribution is 7.98. The van der Waals surface area contributed by atoms with E-state index in [0.29, 0.717) is 18.7 Å². The maximum absolute atomic E-state index is 12.8. The summed E-state index contributed by atoms with van der Waals surface area (Å²) < 4.78 is 0. The minimum absolute atomic E-state index is 0.155. The second-order valence-corrected chi connectivity index (χ2v) is 8.61. The van der Waals surface area contributed by atoms with E-state index in [1.807, 2.05) is 0 Å². The number of amides is 5. The molecule has 0 saturated carbocycles. The highest BCUT2D eigenvalue weighted by Crippen LogP contribution is 2.08.